The van der Waals surface area contributed by atoms with Crippen molar-refractivity contribution in [3.8, 4) is 5.75 Å². The molecule has 1 aromatic carbocycles. The van der Waals surface area contributed by atoms with Gasteiger partial charge in [0, 0.05) is 5.56 Å². The highest BCUT2D eigenvalue weighted by molar-refractivity contribution is 14.1. The third kappa shape index (κ3) is 3.12. The van der Waals surface area contributed by atoms with E-state index in [0.717, 1.165) is 6.07 Å². The van der Waals surface area contributed by atoms with Gasteiger partial charge >= 0.3 is 6.18 Å². The second kappa shape index (κ2) is 5.55. The molecule has 0 heterocycles. The molecule has 0 fully saturated rings. The van der Waals surface area contributed by atoms with Crippen molar-refractivity contribution in [1.29, 1.82) is 0 Å². The molecule has 94 valence electrons. The van der Waals surface area contributed by atoms with Crippen molar-refractivity contribution >= 4 is 44.3 Å². The summed E-state index contributed by atoms with van der Waals surface area (Å²) in [6.45, 7) is 0. The lowest BCUT2D eigenvalue weighted by atomic mass is 10.0. The number of benzene rings is 1. The van der Waals surface area contributed by atoms with E-state index in [1.54, 1.807) is 0 Å². The van der Waals surface area contributed by atoms with Crippen molar-refractivity contribution in [2.45, 2.75) is 6.18 Å². The Morgan fingerprint density at radius 1 is 1.47 bits per heavy atom. The van der Waals surface area contributed by atoms with E-state index in [9.17, 15) is 18.0 Å². The SMILES string of the molecule is COc1ccc(C(=O)CBr)c(C(F)(F)F)c1I. The molecule has 17 heavy (non-hydrogen) atoms. The van der Waals surface area contributed by atoms with Gasteiger partial charge in [-0.15, -0.1) is 0 Å². The van der Waals surface area contributed by atoms with Gasteiger partial charge in [-0.25, -0.2) is 0 Å². The van der Waals surface area contributed by atoms with E-state index < -0.39 is 17.5 Å². The predicted octanol–water partition coefficient (Wildman–Crippen LogP) is 3.90. The Morgan fingerprint density at radius 2 is 2.06 bits per heavy atom. The summed E-state index contributed by atoms with van der Waals surface area (Å²) < 4.78 is 43.4. The molecule has 0 aromatic heterocycles. The first-order chi connectivity index (χ1) is 7.82. The maximum atomic E-state index is 12.9. The van der Waals surface area contributed by atoms with Crippen LogP contribution in [-0.4, -0.2) is 18.2 Å². The molecule has 1 rings (SSSR count). The Hall–Kier alpha value is -0.310. The Morgan fingerprint density at radius 3 is 2.47 bits per heavy atom. The molecule has 7 heteroatoms. The molecule has 0 saturated carbocycles. The molecule has 0 unspecified atom stereocenters. The predicted molar refractivity (Wildman–Crippen MR) is 68.8 cm³/mol. The smallest absolute Gasteiger partial charge is 0.418 e. The number of ketones is 1. The van der Waals surface area contributed by atoms with Crippen LogP contribution in [0.2, 0.25) is 0 Å². The van der Waals surface area contributed by atoms with Crippen molar-refractivity contribution in [3.63, 3.8) is 0 Å². The number of carbonyl (C=O) groups excluding carboxylic acids is 1. The van der Waals surface area contributed by atoms with Crippen LogP contribution < -0.4 is 4.74 Å². The lowest BCUT2D eigenvalue weighted by molar-refractivity contribution is -0.138. The molecule has 1 aromatic rings. The first-order valence-corrected chi connectivity index (χ1v) is 6.55. The number of hydrogen-bond donors (Lipinski definition) is 0. The summed E-state index contributed by atoms with van der Waals surface area (Å²) in [6.07, 6.45) is -4.59. The fourth-order valence-electron chi connectivity index (χ4n) is 1.30. The second-order valence-electron chi connectivity index (χ2n) is 3.06. The van der Waals surface area contributed by atoms with Crippen molar-refractivity contribution < 1.29 is 22.7 Å². The third-order valence-electron chi connectivity index (χ3n) is 2.03. The van der Waals surface area contributed by atoms with Gasteiger partial charge in [0.25, 0.3) is 0 Å². The molecule has 0 spiro atoms. The first kappa shape index (κ1) is 14.7. The van der Waals surface area contributed by atoms with Crippen LogP contribution in [-0.2, 0) is 6.18 Å². The zero-order chi connectivity index (χ0) is 13.2. The number of rotatable bonds is 3. The van der Waals surface area contributed by atoms with E-state index in [-0.39, 0.29) is 20.2 Å². The van der Waals surface area contributed by atoms with Crippen LogP contribution in [0.1, 0.15) is 15.9 Å². The van der Waals surface area contributed by atoms with E-state index >= 15 is 0 Å². The van der Waals surface area contributed by atoms with Gasteiger partial charge in [-0.3, -0.25) is 4.79 Å². The Kier molecular flexibility index (Phi) is 4.82. The summed E-state index contributed by atoms with van der Waals surface area (Å²) in [5.74, 6) is -0.512. The fourth-order valence-corrected chi connectivity index (χ4v) is 2.59. The second-order valence-corrected chi connectivity index (χ2v) is 4.70. The largest absolute Gasteiger partial charge is 0.496 e. The Balaban J connectivity index is 3.53. The van der Waals surface area contributed by atoms with Gasteiger partial charge in [0.1, 0.15) is 5.75 Å². The van der Waals surface area contributed by atoms with Crippen LogP contribution in [0, 0.1) is 3.57 Å². The molecule has 0 atom stereocenters. The maximum Gasteiger partial charge on any atom is 0.418 e. The Bertz CT molecular complexity index is 446. The van der Waals surface area contributed by atoms with Gasteiger partial charge in [-0.2, -0.15) is 13.2 Å². The fraction of sp³-hybridized carbons (Fsp3) is 0.300. The van der Waals surface area contributed by atoms with Gasteiger partial charge in [0.05, 0.1) is 21.6 Å². The van der Waals surface area contributed by atoms with Crippen LogP contribution in [0.5, 0.6) is 5.75 Å². The van der Waals surface area contributed by atoms with Crippen LogP contribution in [0.15, 0.2) is 12.1 Å². The summed E-state index contributed by atoms with van der Waals surface area (Å²) in [7, 11) is 1.28. The molecule has 2 nitrogen and oxygen atoms in total. The van der Waals surface area contributed by atoms with Crippen LogP contribution in [0.4, 0.5) is 13.2 Å². The van der Waals surface area contributed by atoms with Crippen molar-refractivity contribution in [1.82, 2.24) is 0 Å². The average molecular weight is 423 g/mol. The van der Waals surface area contributed by atoms with Crippen molar-refractivity contribution in [3.05, 3.63) is 26.8 Å². The maximum absolute atomic E-state index is 12.9. The molecular formula is C10H7BrF3IO2. The van der Waals surface area contributed by atoms with Crippen LogP contribution in [0.25, 0.3) is 0 Å². The summed E-state index contributed by atoms with van der Waals surface area (Å²) in [5.41, 5.74) is -1.29. The van der Waals surface area contributed by atoms with E-state index in [1.807, 2.05) is 0 Å². The van der Waals surface area contributed by atoms with Gasteiger partial charge in [0.15, 0.2) is 5.78 Å². The minimum Gasteiger partial charge on any atom is -0.496 e. The molecule has 0 radical (unpaired) electrons. The van der Waals surface area contributed by atoms with E-state index in [0.29, 0.717) is 0 Å². The monoisotopic (exact) mass is 422 g/mol. The number of methoxy groups -OCH3 is 1. The molecule has 0 N–H and O–H groups in total. The van der Waals surface area contributed by atoms with E-state index in [2.05, 4.69) is 15.9 Å². The van der Waals surface area contributed by atoms with E-state index in [1.165, 1.54) is 35.8 Å². The van der Waals surface area contributed by atoms with Gasteiger partial charge in [-0.1, -0.05) is 15.9 Å². The molecule has 0 aliphatic carbocycles. The first-order valence-electron chi connectivity index (χ1n) is 4.35. The number of alkyl halides is 4. The highest BCUT2D eigenvalue weighted by Crippen LogP contribution is 2.39. The topological polar surface area (TPSA) is 26.3 Å². The number of halogens is 5. The lowest BCUT2D eigenvalue weighted by Crippen LogP contribution is -2.16. The van der Waals surface area contributed by atoms with E-state index in [4.69, 9.17) is 4.74 Å². The zero-order valence-electron chi connectivity index (χ0n) is 8.57. The van der Waals surface area contributed by atoms with Crippen LogP contribution >= 0.6 is 38.5 Å². The Labute approximate surface area is 118 Å². The van der Waals surface area contributed by atoms with Crippen molar-refractivity contribution in [2.24, 2.45) is 0 Å². The standard InChI is InChI=1S/C10H7BrF3IO2/c1-17-7-3-2-5(6(16)4-11)8(9(7)15)10(12,13)14/h2-3H,4H2,1H3. The summed E-state index contributed by atoms with van der Waals surface area (Å²) in [4.78, 5) is 11.4. The van der Waals surface area contributed by atoms with Crippen LogP contribution in [0.3, 0.4) is 0 Å². The van der Waals surface area contributed by atoms with Gasteiger partial charge in [-0.05, 0) is 34.7 Å². The summed E-state index contributed by atoms with van der Waals surface area (Å²) >= 11 is 4.39. The third-order valence-corrected chi connectivity index (χ3v) is 3.61. The number of ether oxygens (including phenoxy) is 1. The molecule has 0 aliphatic heterocycles. The molecular weight excluding hydrogens is 416 g/mol. The average Bonchev–Trinajstić information content (AvgIpc) is 2.25. The zero-order valence-corrected chi connectivity index (χ0v) is 12.3. The minimum atomic E-state index is -4.59. The van der Waals surface area contributed by atoms with Crippen molar-refractivity contribution in [2.75, 3.05) is 12.4 Å². The highest BCUT2D eigenvalue weighted by atomic mass is 127. The number of Topliss-reactive ketones (excluding diaryl/α,β-unsaturated/α-hetero) is 1. The molecule has 0 bridgehead atoms. The normalized spacial score (nSPS) is 11.4. The van der Waals surface area contributed by atoms with Gasteiger partial charge in [0.2, 0.25) is 0 Å². The molecule has 0 amide bonds. The lowest BCUT2D eigenvalue weighted by Gasteiger charge is -2.15. The number of carbonyl (C=O) groups is 1. The highest BCUT2D eigenvalue weighted by Gasteiger charge is 2.38. The minimum absolute atomic E-state index is 0.101. The summed E-state index contributed by atoms with van der Waals surface area (Å²) in [6, 6.07) is 2.49. The van der Waals surface area contributed by atoms with Gasteiger partial charge < -0.3 is 4.74 Å². The molecule has 0 aliphatic rings. The number of hydrogen-bond acceptors (Lipinski definition) is 2. The quantitative estimate of drug-likeness (QED) is 0.419. The summed E-state index contributed by atoms with van der Waals surface area (Å²) in [5, 5.41) is -0.154. The molecule has 0 saturated heterocycles.